The van der Waals surface area contributed by atoms with Crippen molar-refractivity contribution in [3.05, 3.63) is 69.4 Å². The van der Waals surface area contributed by atoms with E-state index in [0.717, 1.165) is 24.8 Å². The number of carbonyl (C=O) groups excluding carboxylic acids is 1. The van der Waals surface area contributed by atoms with Gasteiger partial charge in [0.25, 0.3) is 0 Å². The van der Waals surface area contributed by atoms with Crippen LogP contribution in [0.4, 0.5) is 4.39 Å². The second-order valence-electron chi connectivity index (χ2n) is 5.14. The molecule has 1 atom stereocenters. The molecule has 0 N–H and O–H groups in total. The van der Waals surface area contributed by atoms with E-state index < -0.39 is 0 Å². The minimum atomic E-state index is -0.342. The van der Waals surface area contributed by atoms with Gasteiger partial charge in [0, 0.05) is 11.5 Å². The number of halogens is 2. The standard InChI is InChI=1S/C17H14BrFO/c18-15-10-12(8-9-16(15)19)17(20)14-7-3-5-11-4-1-2-6-13(11)14/h1-2,4,6,8-10,14H,3,5,7H2. The Hall–Kier alpha value is -1.48. The first-order chi connectivity index (χ1) is 9.66. The minimum absolute atomic E-state index is 0.0813. The Morgan fingerprint density at radius 2 is 2.00 bits per heavy atom. The summed E-state index contributed by atoms with van der Waals surface area (Å²) in [5.41, 5.74) is 2.96. The van der Waals surface area contributed by atoms with E-state index in [-0.39, 0.29) is 17.5 Å². The molecule has 0 aromatic heterocycles. The van der Waals surface area contributed by atoms with Crippen LogP contribution in [-0.4, -0.2) is 5.78 Å². The Labute approximate surface area is 126 Å². The zero-order chi connectivity index (χ0) is 14.1. The first kappa shape index (κ1) is 13.5. The van der Waals surface area contributed by atoms with Crippen molar-refractivity contribution in [1.29, 1.82) is 0 Å². The topological polar surface area (TPSA) is 17.1 Å². The molecule has 1 unspecified atom stereocenters. The molecule has 2 aromatic rings. The van der Waals surface area contributed by atoms with E-state index in [0.29, 0.717) is 10.0 Å². The molecule has 0 spiro atoms. The maximum atomic E-state index is 13.3. The number of benzene rings is 2. The number of hydrogen-bond donors (Lipinski definition) is 0. The monoisotopic (exact) mass is 332 g/mol. The first-order valence-corrected chi connectivity index (χ1v) is 7.53. The minimum Gasteiger partial charge on any atom is -0.293 e. The second-order valence-corrected chi connectivity index (χ2v) is 5.99. The lowest BCUT2D eigenvalue weighted by Crippen LogP contribution is -2.18. The highest BCUT2D eigenvalue weighted by atomic mass is 79.9. The van der Waals surface area contributed by atoms with Crippen molar-refractivity contribution in [2.45, 2.75) is 25.2 Å². The molecule has 2 aromatic carbocycles. The third-order valence-electron chi connectivity index (χ3n) is 3.89. The van der Waals surface area contributed by atoms with Gasteiger partial charge in [0.05, 0.1) is 4.47 Å². The lowest BCUT2D eigenvalue weighted by molar-refractivity contribution is 0.0951. The van der Waals surface area contributed by atoms with Gasteiger partial charge in [-0.15, -0.1) is 0 Å². The highest BCUT2D eigenvalue weighted by molar-refractivity contribution is 9.10. The van der Waals surface area contributed by atoms with E-state index in [1.807, 2.05) is 18.2 Å². The molecular weight excluding hydrogens is 319 g/mol. The van der Waals surface area contributed by atoms with Crippen LogP contribution in [0.1, 0.15) is 40.2 Å². The van der Waals surface area contributed by atoms with Crippen molar-refractivity contribution < 1.29 is 9.18 Å². The van der Waals surface area contributed by atoms with Gasteiger partial charge in [-0.25, -0.2) is 4.39 Å². The highest BCUT2D eigenvalue weighted by Gasteiger charge is 2.27. The van der Waals surface area contributed by atoms with Crippen molar-refractivity contribution >= 4 is 21.7 Å². The molecule has 0 saturated carbocycles. The fourth-order valence-corrected chi connectivity index (χ4v) is 3.26. The van der Waals surface area contributed by atoms with Gasteiger partial charge in [-0.2, -0.15) is 0 Å². The largest absolute Gasteiger partial charge is 0.293 e. The third kappa shape index (κ3) is 2.42. The summed E-state index contributed by atoms with van der Waals surface area (Å²) in [6.45, 7) is 0. The zero-order valence-corrected chi connectivity index (χ0v) is 12.5. The van der Waals surface area contributed by atoms with Gasteiger partial charge in [0.15, 0.2) is 5.78 Å². The third-order valence-corrected chi connectivity index (χ3v) is 4.50. The predicted octanol–water partition coefficient (Wildman–Crippen LogP) is 4.89. The number of rotatable bonds is 2. The van der Waals surface area contributed by atoms with Crippen LogP contribution in [0.2, 0.25) is 0 Å². The predicted molar refractivity (Wildman–Crippen MR) is 80.6 cm³/mol. The summed E-state index contributed by atoms with van der Waals surface area (Å²) in [6.07, 6.45) is 2.92. The molecule has 0 saturated heterocycles. The van der Waals surface area contributed by atoms with Gasteiger partial charge in [0.2, 0.25) is 0 Å². The van der Waals surface area contributed by atoms with Crippen LogP contribution in [0.25, 0.3) is 0 Å². The maximum Gasteiger partial charge on any atom is 0.170 e. The molecule has 1 aliphatic carbocycles. The van der Waals surface area contributed by atoms with Gasteiger partial charge in [0.1, 0.15) is 5.82 Å². The summed E-state index contributed by atoms with van der Waals surface area (Å²) < 4.78 is 13.6. The molecule has 20 heavy (non-hydrogen) atoms. The van der Waals surface area contributed by atoms with E-state index in [1.54, 1.807) is 12.1 Å². The SMILES string of the molecule is O=C(c1ccc(F)c(Br)c1)C1CCCc2ccccc21. The number of carbonyl (C=O) groups is 1. The average Bonchev–Trinajstić information content (AvgIpc) is 2.49. The average molecular weight is 333 g/mol. The van der Waals surface area contributed by atoms with E-state index in [1.165, 1.54) is 11.6 Å². The number of ketones is 1. The van der Waals surface area contributed by atoms with Crippen LogP contribution in [0.3, 0.4) is 0 Å². The number of fused-ring (bicyclic) bond motifs is 1. The fourth-order valence-electron chi connectivity index (χ4n) is 2.88. The van der Waals surface area contributed by atoms with E-state index >= 15 is 0 Å². The summed E-state index contributed by atoms with van der Waals surface area (Å²) in [7, 11) is 0. The molecule has 3 heteroatoms. The lowest BCUT2D eigenvalue weighted by Gasteiger charge is -2.24. The molecule has 0 radical (unpaired) electrons. The van der Waals surface area contributed by atoms with Crippen LogP contribution in [0, 0.1) is 5.82 Å². The molecule has 1 nitrogen and oxygen atoms in total. The zero-order valence-electron chi connectivity index (χ0n) is 10.9. The van der Waals surface area contributed by atoms with Gasteiger partial charge >= 0.3 is 0 Å². The molecule has 0 heterocycles. The van der Waals surface area contributed by atoms with E-state index in [4.69, 9.17) is 0 Å². The summed E-state index contributed by atoms with van der Waals surface area (Å²) in [5.74, 6) is -0.360. The van der Waals surface area contributed by atoms with Crippen molar-refractivity contribution in [3.8, 4) is 0 Å². The van der Waals surface area contributed by atoms with Crippen molar-refractivity contribution in [1.82, 2.24) is 0 Å². The molecule has 0 amide bonds. The molecule has 0 fully saturated rings. The first-order valence-electron chi connectivity index (χ1n) is 6.74. The molecule has 3 rings (SSSR count). The smallest absolute Gasteiger partial charge is 0.170 e. The molecule has 102 valence electrons. The maximum absolute atomic E-state index is 13.3. The number of Topliss-reactive ketones (excluding diaryl/α,β-unsaturated/α-hetero) is 1. The normalized spacial score (nSPS) is 17.6. The van der Waals surface area contributed by atoms with Crippen molar-refractivity contribution in [2.24, 2.45) is 0 Å². The summed E-state index contributed by atoms with van der Waals surface area (Å²) in [6, 6.07) is 12.6. The number of hydrogen-bond acceptors (Lipinski definition) is 1. The van der Waals surface area contributed by atoms with Gasteiger partial charge < -0.3 is 0 Å². The van der Waals surface area contributed by atoms with E-state index in [2.05, 4.69) is 22.0 Å². The van der Waals surface area contributed by atoms with Crippen molar-refractivity contribution in [2.75, 3.05) is 0 Å². The van der Waals surface area contributed by atoms with Crippen LogP contribution in [0.15, 0.2) is 46.9 Å². The van der Waals surface area contributed by atoms with Crippen LogP contribution >= 0.6 is 15.9 Å². The molecule has 0 bridgehead atoms. The Balaban J connectivity index is 1.97. The quantitative estimate of drug-likeness (QED) is 0.715. The summed E-state index contributed by atoms with van der Waals surface area (Å²) >= 11 is 3.14. The van der Waals surface area contributed by atoms with Crippen LogP contribution in [-0.2, 0) is 6.42 Å². The fraction of sp³-hybridized carbons (Fsp3) is 0.235. The van der Waals surface area contributed by atoms with E-state index in [9.17, 15) is 9.18 Å². The van der Waals surface area contributed by atoms with Gasteiger partial charge in [-0.3, -0.25) is 4.79 Å². The summed E-state index contributed by atoms with van der Waals surface area (Å²) in [4.78, 5) is 12.7. The Kier molecular flexibility index (Phi) is 3.70. The molecule has 1 aliphatic rings. The highest BCUT2D eigenvalue weighted by Crippen LogP contribution is 2.34. The van der Waals surface area contributed by atoms with Gasteiger partial charge in [-0.05, 0) is 64.5 Å². The molecular formula is C17H14BrFO. The van der Waals surface area contributed by atoms with Gasteiger partial charge in [-0.1, -0.05) is 24.3 Å². The second kappa shape index (κ2) is 5.49. The number of aryl methyl sites for hydroxylation is 1. The Morgan fingerprint density at radius 1 is 1.20 bits per heavy atom. The summed E-state index contributed by atoms with van der Waals surface area (Å²) in [5, 5.41) is 0. The lowest BCUT2D eigenvalue weighted by atomic mass is 9.79. The van der Waals surface area contributed by atoms with Crippen LogP contribution in [0.5, 0.6) is 0 Å². The van der Waals surface area contributed by atoms with Crippen LogP contribution < -0.4 is 0 Å². The Bertz CT molecular complexity index is 666. The van der Waals surface area contributed by atoms with Crippen molar-refractivity contribution in [3.63, 3.8) is 0 Å². The molecule has 0 aliphatic heterocycles. The Morgan fingerprint density at radius 3 is 2.80 bits per heavy atom.